The van der Waals surface area contributed by atoms with E-state index in [4.69, 9.17) is 0 Å². The lowest BCUT2D eigenvalue weighted by molar-refractivity contribution is -0.115. The van der Waals surface area contributed by atoms with Crippen LogP contribution in [0.2, 0.25) is 0 Å². The van der Waals surface area contributed by atoms with Crippen molar-refractivity contribution >= 4 is 23.5 Å². The highest BCUT2D eigenvalue weighted by Crippen LogP contribution is 2.09. The van der Waals surface area contributed by atoms with Crippen molar-refractivity contribution < 1.29 is 14.0 Å². The molecule has 0 saturated carbocycles. The molecular weight excluding hydrogens is 373 g/mol. The first-order chi connectivity index (χ1) is 13.9. The number of amides is 2. The predicted octanol–water partition coefficient (Wildman–Crippen LogP) is 1.87. The third-order valence-corrected chi connectivity index (χ3v) is 4.03. The molecule has 2 amide bonds. The molecule has 7 nitrogen and oxygen atoms in total. The second kappa shape index (κ2) is 10.8. The Morgan fingerprint density at radius 3 is 2.52 bits per heavy atom. The van der Waals surface area contributed by atoms with E-state index in [2.05, 4.69) is 20.9 Å². The van der Waals surface area contributed by atoms with E-state index >= 15 is 0 Å². The van der Waals surface area contributed by atoms with Gasteiger partial charge < -0.3 is 20.9 Å². The highest BCUT2D eigenvalue weighted by molar-refractivity contribution is 5.95. The Balaban J connectivity index is 1.78. The highest BCUT2D eigenvalue weighted by atomic mass is 19.1. The highest BCUT2D eigenvalue weighted by Gasteiger charge is 2.08. The van der Waals surface area contributed by atoms with Gasteiger partial charge >= 0.3 is 0 Å². The number of nitrogens with zero attached hydrogens (tertiary/aromatic N) is 2. The van der Waals surface area contributed by atoms with Gasteiger partial charge in [0.15, 0.2) is 5.96 Å². The number of guanidine groups is 1. The van der Waals surface area contributed by atoms with Gasteiger partial charge in [-0.3, -0.25) is 14.6 Å². The maximum Gasteiger partial charge on any atom is 0.253 e. The van der Waals surface area contributed by atoms with Crippen LogP contribution in [0.15, 0.2) is 53.5 Å². The molecule has 0 saturated heterocycles. The number of hydrogen-bond donors (Lipinski definition) is 3. The Morgan fingerprint density at radius 2 is 1.83 bits per heavy atom. The van der Waals surface area contributed by atoms with Gasteiger partial charge in [0.25, 0.3) is 5.91 Å². The van der Waals surface area contributed by atoms with Gasteiger partial charge in [0.05, 0.1) is 6.54 Å². The van der Waals surface area contributed by atoms with Crippen molar-refractivity contribution in [3.63, 3.8) is 0 Å². The topological polar surface area (TPSA) is 85.8 Å². The normalized spacial score (nSPS) is 11.0. The molecule has 8 heteroatoms. The zero-order chi connectivity index (χ0) is 21.2. The number of halogens is 1. The third kappa shape index (κ3) is 7.25. The summed E-state index contributed by atoms with van der Waals surface area (Å²) in [5.74, 6) is -0.292. The Morgan fingerprint density at radius 1 is 1.07 bits per heavy atom. The number of anilines is 1. The summed E-state index contributed by atoms with van der Waals surface area (Å²) < 4.78 is 13.2. The zero-order valence-corrected chi connectivity index (χ0v) is 16.8. The van der Waals surface area contributed by atoms with Gasteiger partial charge in [0.1, 0.15) is 5.82 Å². The molecule has 0 bridgehead atoms. The molecule has 2 rings (SSSR count). The smallest absolute Gasteiger partial charge is 0.253 e. The van der Waals surface area contributed by atoms with Crippen molar-refractivity contribution in [3.05, 3.63) is 65.5 Å². The minimum absolute atomic E-state index is 0.0109. The quantitative estimate of drug-likeness (QED) is 0.490. The van der Waals surface area contributed by atoms with E-state index in [1.54, 1.807) is 33.3 Å². The molecule has 0 atom stereocenters. The van der Waals surface area contributed by atoms with E-state index in [0.717, 1.165) is 5.56 Å². The minimum atomic E-state index is -0.412. The molecule has 29 heavy (non-hydrogen) atoms. The van der Waals surface area contributed by atoms with E-state index in [0.29, 0.717) is 30.2 Å². The summed E-state index contributed by atoms with van der Waals surface area (Å²) >= 11 is 0. The standard InChI is InChI=1S/C21H26FN5O2/c1-23-21(25-14-19(28)26-18-9-5-8-17(22)13-18)24-11-10-15-6-4-7-16(12-15)20(29)27(2)3/h4-9,12-13H,10-11,14H2,1-3H3,(H,26,28)(H2,23,24,25). The lowest BCUT2D eigenvalue weighted by Gasteiger charge is -2.13. The molecule has 0 aromatic heterocycles. The number of rotatable bonds is 7. The van der Waals surface area contributed by atoms with E-state index in [1.807, 2.05) is 18.2 Å². The fourth-order valence-corrected chi connectivity index (χ4v) is 2.60. The summed E-state index contributed by atoms with van der Waals surface area (Å²) in [4.78, 5) is 29.6. The van der Waals surface area contributed by atoms with Gasteiger partial charge in [-0.2, -0.15) is 0 Å². The first-order valence-corrected chi connectivity index (χ1v) is 9.19. The summed E-state index contributed by atoms with van der Waals surface area (Å²) in [7, 11) is 5.05. The van der Waals surface area contributed by atoms with E-state index in [1.165, 1.54) is 23.1 Å². The fourth-order valence-electron chi connectivity index (χ4n) is 2.60. The van der Waals surface area contributed by atoms with Crippen LogP contribution in [0.1, 0.15) is 15.9 Å². The number of benzene rings is 2. The molecule has 0 aliphatic rings. The van der Waals surface area contributed by atoms with Crippen LogP contribution in [0.4, 0.5) is 10.1 Å². The number of hydrogen-bond acceptors (Lipinski definition) is 3. The average Bonchev–Trinajstić information content (AvgIpc) is 2.70. The van der Waals surface area contributed by atoms with Crippen molar-refractivity contribution in [1.29, 1.82) is 0 Å². The van der Waals surface area contributed by atoms with E-state index in [-0.39, 0.29) is 18.4 Å². The number of carbonyl (C=O) groups is 2. The summed E-state index contributed by atoms with van der Waals surface area (Å²) in [5.41, 5.74) is 2.06. The second-order valence-corrected chi connectivity index (χ2v) is 6.56. The van der Waals surface area contributed by atoms with Crippen LogP contribution >= 0.6 is 0 Å². The lowest BCUT2D eigenvalue weighted by atomic mass is 10.1. The molecule has 154 valence electrons. The van der Waals surface area contributed by atoms with Crippen molar-refractivity contribution in [2.75, 3.05) is 39.5 Å². The third-order valence-electron chi connectivity index (χ3n) is 4.03. The van der Waals surface area contributed by atoms with Gasteiger partial charge in [-0.05, 0) is 42.3 Å². The number of nitrogens with one attached hydrogen (secondary N) is 3. The van der Waals surface area contributed by atoms with E-state index in [9.17, 15) is 14.0 Å². The monoisotopic (exact) mass is 399 g/mol. The van der Waals surface area contributed by atoms with Crippen LogP contribution in [-0.2, 0) is 11.2 Å². The molecule has 0 aliphatic heterocycles. The minimum Gasteiger partial charge on any atom is -0.356 e. The lowest BCUT2D eigenvalue weighted by Crippen LogP contribution is -2.42. The zero-order valence-electron chi connectivity index (χ0n) is 16.8. The van der Waals surface area contributed by atoms with Crippen molar-refractivity contribution in [3.8, 4) is 0 Å². The SMILES string of the molecule is CN=C(NCCc1cccc(C(=O)N(C)C)c1)NCC(=O)Nc1cccc(F)c1. The largest absolute Gasteiger partial charge is 0.356 e. The molecular formula is C21H26FN5O2. The second-order valence-electron chi connectivity index (χ2n) is 6.56. The Hall–Kier alpha value is -3.42. The molecule has 0 unspecified atom stereocenters. The summed E-state index contributed by atoms with van der Waals surface area (Å²) in [5, 5.41) is 8.64. The van der Waals surface area contributed by atoms with Gasteiger partial charge in [0, 0.05) is 38.9 Å². The maximum absolute atomic E-state index is 13.2. The molecule has 0 fully saturated rings. The fraction of sp³-hybridized carbons (Fsp3) is 0.286. The van der Waals surface area contributed by atoms with Crippen molar-refractivity contribution in [1.82, 2.24) is 15.5 Å². The predicted molar refractivity (Wildman–Crippen MR) is 113 cm³/mol. The van der Waals surface area contributed by atoms with Crippen LogP contribution < -0.4 is 16.0 Å². The number of aliphatic imine (C=N–C) groups is 1. The Bertz CT molecular complexity index is 883. The van der Waals surface area contributed by atoms with Crippen LogP contribution in [0, 0.1) is 5.82 Å². The summed E-state index contributed by atoms with van der Waals surface area (Å²) in [6.45, 7) is 0.563. The van der Waals surface area contributed by atoms with Gasteiger partial charge in [-0.15, -0.1) is 0 Å². The summed E-state index contributed by atoms with van der Waals surface area (Å²) in [6.07, 6.45) is 0.685. The summed E-state index contributed by atoms with van der Waals surface area (Å²) in [6, 6.07) is 13.2. The van der Waals surface area contributed by atoms with Gasteiger partial charge in [-0.25, -0.2) is 4.39 Å². The van der Waals surface area contributed by atoms with Crippen LogP contribution in [0.25, 0.3) is 0 Å². The van der Waals surface area contributed by atoms with E-state index < -0.39 is 5.82 Å². The Labute approximate surface area is 170 Å². The average molecular weight is 399 g/mol. The van der Waals surface area contributed by atoms with Crippen LogP contribution in [0.5, 0.6) is 0 Å². The molecule has 2 aromatic carbocycles. The molecule has 0 aliphatic carbocycles. The first kappa shape index (κ1) is 21.9. The van der Waals surface area contributed by atoms with Crippen LogP contribution in [0.3, 0.4) is 0 Å². The van der Waals surface area contributed by atoms with Gasteiger partial charge in [-0.1, -0.05) is 18.2 Å². The molecule has 0 heterocycles. The first-order valence-electron chi connectivity index (χ1n) is 9.19. The molecule has 0 spiro atoms. The Kier molecular flexibility index (Phi) is 8.14. The van der Waals surface area contributed by atoms with Crippen molar-refractivity contribution in [2.45, 2.75) is 6.42 Å². The van der Waals surface area contributed by atoms with Gasteiger partial charge in [0.2, 0.25) is 5.91 Å². The molecule has 0 radical (unpaired) electrons. The molecule has 2 aromatic rings. The van der Waals surface area contributed by atoms with Crippen LogP contribution in [-0.4, -0.2) is 56.9 Å². The molecule has 3 N–H and O–H groups in total. The maximum atomic E-state index is 13.2. The number of carbonyl (C=O) groups excluding carboxylic acids is 2. The van der Waals surface area contributed by atoms with Crippen molar-refractivity contribution in [2.24, 2.45) is 4.99 Å².